The zero-order chi connectivity index (χ0) is 18.1. The van der Waals surface area contributed by atoms with Gasteiger partial charge in [-0.25, -0.2) is 17.2 Å². The molecule has 9 heteroatoms. The van der Waals surface area contributed by atoms with Gasteiger partial charge in [0.25, 0.3) is 0 Å². The number of hydrogen-bond acceptors (Lipinski definition) is 2. The fourth-order valence-electron chi connectivity index (χ4n) is 1.99. The molecule has 0 bridgehead atoms. The van der Waals surface area contributed by atoms with Crippen LogP contribution < -0.4 is 0 Å². The average Bonchev–Trinajstić information content (AvgIpc) is 2.48. The van der Waals surface area contributed by atoms with E-state index in [2.05, 4.69) is 0 Å². The third kappa shape index (κ3) is 3.90. The van der Waals surface area contributed by atoms with Gasteiger partial charge in [-0.15, -0.1) is 0 Å². The van der Waals surface area contributed by atoms with Crippen LogP contribution in [0.3, 0.4) is 0 Å². The summed E-state index contributed by atoms with van der Waals surface area (Å²) >= 11 is 0. The Hall–Kier alpha value is -2.00. The fraction of sp³-hybridized carbons (Fsp3) is 0.200. The van der Waals surface area contributed by atoms with Gasteiger partial charge in [-0.05, 0) is 35.9 Å². The first kappa shape index (κ1) is 18.3. The molecule has 0 spiro atoms. The quantitative estimate of drug-likeness (QED) is 0.773. The van der Waals surface area contributed by atoms with E-state index in [1.807, 2.05) is 0 Å². The van der Waals surface area contributed by atoms with Crippen molar-refractivity contribution in [3.8, 4) is 0 Å². The van der Waals surface area contributed by atoms with E-state index >= 15 is 0 Å². The molecule has 0 aliphatic rings. The molecule has 0 aromatic heterocycles. The highest BCUT2D eigenvalue weighted by atomic mass is 32.2. The first-order valence-electron chi connectivity index (χ1n) is 6.59. The molecule has 2 rings (SSSR count). The van der Waals surface area contributed by atoms with E-state index in [0.717, 1.165) is 29.6 Å². The van der Waals surface area contributed by atoms with Gasteiger partial charge in [0.05, 0.1) is 10.5 Å². The van der Waals surface area contributed by atoms with Crippen LogP contribution in [-0.4, -0.2) is 19.8 Å². The number of nitrogens with zero attached hydrogens (tertiary/aromatic N) is 1. The minimum atomic E-state index is -5.01. The number of benzene rings is 2. The Morgan fingerprint density at radius 2 is 1.58 bits per heavy atom. The average molecular weight is 365 g/mol. The molecule has 2 aromatic rings. The van der Waals surface area contributed by atoms with Gasteiger partial charge in [0.15, 0.2) is 0 Å². The monoisotopic (exact) mass is 365 g/mol. The van der Waals surface area contributed by atoms with Crippen LogP contribution in [-0.2, 0) is 22.7 Å². The summed E-state index contributed by atoms with van der Waals surface area (Å²) in [6, 6.07) is 6.46. The van der Waals surface area contributed by atoms with E-state index in [1.54, 1.807) is 0 Å². The molecule has 2 aromatic carbocycles. The predicted molar refractivity (Wildman–Crippen MR) is 76.5 cm³/mol. The third-order valence-corrected chi connectivity index (χ3v) is 5.07. The van der Waals surface area contributed by atoms with E-state index < -0.39 is 38.3 Å². The van der Waals surface area contributed by atoms with Gasteiger partial charge in [0.2, 0.25) is 10.0 Å². The number of hydrogen-bond donors (Lipinski definition) is 0. The maximum atomic E-state index is 13.3. The van der Waals surface area contributed by atoms with Gasteiger partial charge >= 0.3 is 6.18 Å². The van der Waals surface area contributed by atoms with Crippen LogP contribution in [0.15, 0.2) is 47.4 Å². The molecule has 0 aliphatic heterocycles. The molecule has 0 fully saturated rings. The second kappa shape index (κ2) is 6.48. The first-order chi connectivity index (χ1) is 11.0. The van der Waals surface area contributed by atoms with Crippen LogP contribution in [0.1, 0.15) is 11.1 Å². The Kier molecular flexibility index (Phi) is 4.95. The lowest BCUT2D eigenvalue weighted by molar-refractivity contribution is -0.140. The molecule has 0 saturated carbocycles. The summed E-state index contributed by atoms with van der Waals surface area (Å²) in [6.45, 7) is -0.179. The third-order valence-electron chi connectivity index (χ3n) is 3.27. The van der Waals surface area contributed by atoms with E-state index in [0.29, 0.717) is 11.6 Å². The van der Waals surface area contributed by atoms with Crippen molar-refractivity contribution in [1.29, 1.82) is 0 Å². The van der Waals surface area contributed by atoms with Crippen molar-refractivity contribution in [3.05, 3.63) is 65.2 Å². The normalized spacial score (nSPS) is 12.6. The molecule has 0 amide bonds. The van der Waals surface area contributed by atoms with Gasteiger partial charge in [-0.1, -0.05) is 12.1 Å². The van der Waals surface area contributed by atoms with Crippen LogP contribution in [0.2, 0.25) is 0 Å². The van der Waals surface area contributed by atoms with Gasteiger partial charge in [0.1, 0.15) is 11.6 Å². The Balaban J connectivity index is 2.34. The molecule has 0 aliphatic carbocycles. The standard InChI is InChI=1S/C15H12F5NO2S/c1-21(9-10-2-4-11(16)5-3-10)24(22,23)12-6-7-14(17)13(8-12)15(18,19)20/h2-8H,9H2,1H3. The van der Waals surface area contributed by atoms with Crippen LogP contribution >= 0.6 is 0 Å². The number of alkyl halides is 3. The van der Waals surface area contributed by atoms with E-state index in [4.69, 9.17) is 0 Å². The summed E-state index contributed by atoms with van der Waals surface area (Å²) < 4.78 is 89.8. The highest BCUT2D eigenvalue weighted by Gasteiger charge is 2.35. The highest BCUT2D eigenvalue weighted by molar-refractivity contribution is 7.89. The van der Waals surface area contributed by atoms with Crippen molar-refractivity contribution < 1.29 is 30.4 Å². The molecular weight excluding hydrogens is 353 g/mol. The Labute approximate surface area is 135 Å². The van der Waals surface area contributed by atoms with Crippen molar-refractivity contribution in [2.45, 2.75) is 17.6 Å². The molecule has 0 heterocycles. The van der Waals surface area contributed by atoms with Crippen molar-refractivity contribution in [2.75, 3.05) is 7.05 Å². The lowest BCUT2D eigenvalue weighted by Gasteiger charge is -2.18. The van der Waals surface area contributed by atoms with Gasteiger partial charge in [-0.2, -0.15) is 17.5 Å². The lowest BCUT2D eigenvalue weighted by atomic mass is 10.2. The van der Waals surface area contributed by atoms with Gasteiger partial charge in [0, 0.05) is 13.6 Å². The van der Waals surface area contributed by atoms with Crippen LogP contribution in [0, 0.1) is 11.6 Å². The number of sulfonamides is 1. The van der Waals surface area contributed by atoms with Crippen molar-refractivity contribution in [2.24, 2.45) is 0 Å². The van der Waals surface area contributed by atoms with Gasteiger partial charge in [-0.3, -0.25) is 0 Å². The molecule has 0 radical (unpaired) electrons. The van der Waals surface area contributed by atoms with Crippen LogP contribution in [0.5, 0.6) is 0 Å². The number of rotatable bonds is 4. The topological polar surface area (TPSA) is 37.4 Å². The molecular formula is C15H12F5NO2S. The summed E-state index contributed by atoms with van der Waals surface area (Å²) in [7, 11) is -3.11. The summed E-state index contributed by atoms with van der Waals surface area (Å²) in [5.74, 6) is -2.06. The van der Waals surface area contributed by atoms with Crippen molar-refractivity contribution in [3.63, 3.8) is 0 Å². The summed E-state index contributed by atoms with van der Waals surface area (Å²) in [4.78, 5) is -0.680. The zero-order valence-electron chi connectivity index (χ0n) is 12.3. The van der Waals surface area contributed by atoms with E-state index in [9.17, 15) is 30.4 Å². The van der Waals surface area contributed by atoms with E-state index in [1.165, 1.54) is 12.1 Å². The van der Waals surface area contributed by atoms with Gasteiger partial charge < -0.3 is 0 Å². The second-order valence-corrected chi connectivity index (χ2v) is 7.07. The smallest absolute Gasteiger partial charge is 0.207 e. The molecule has 130 valence electrons. The largest absolute Gasteiger partial charge is 0.419 e. The maximum absolute atomic E-state index is 13.3. The Bertz CT molecular complexity index is 832. The highest BCUT2D eigenvalue weighted by Crippen LogP contribution is 2.33. The Morgan fingerprint density at radius 3 is 2.12 bits per heavy atom. The summed E-state index contributed by atoms with van der Waals surface area (Å²) in [5, 5.41) is 0. The molecule has 0 saturated heterocycles. The fourth-order valence-corrected chi connectivity index (χ4v) is 3.18. The van der Waals surface area contributed by atoms with Crippen molar-refractivity contribution in [1.82, 2.24) is 4.31 Å². The lowest BCUT2D eigenvalue weighted by Crippen LogP contribution is -2.27. The van der Waals surface area contributed by atoms with Crippen LogP contribution in [0.25, 0.3) is 0 Å². The Morgan fingerprint density at radius 1 is 1.00 bits per heavy atom. The molecule has 0 unspecified atom stereocenters. The molecule has 3 nitrogen and oxygen atoms in total. The SMILES string of the molecule is CN(Cc1ccc(F)cc1)S(=O)(=O)c1ccc(F)c(C(F)(F)F)c1. The first-order valence-corrected chi connectivity index (χ1v) is 8.03. The minimum absolute atomic E-state index is 0.179. The van der Waals surface area contributed by atoms with Crippen LogP contribution in [0.4, 0.5) is 22.0 Å². The number of halogens is 5. The summed E-state index contributed by atoms with van der Waals surface area (Å²) in [6.07, 6.45) is -5.01. The molecule has 0 N–H and O–H groups in total. The van der Waals surface area contributed by atoms with Crippen molar-refractivity contribution >= 4 is 10.0 Å². The summed E-state index contributed by atoms with van der Waals surface area (Å²) in [5.41, 5.74) is -1.21. The predicted octanol–water partition coefficient (Wildman–Crippen LogP) is 3.80. The zero-order valence-corrected chi connectivity index (χ0v) is 13.1. The minimum Gasteiger partial charge on any atom is -0.207 e. The van der Waals surface area contributed by atoms with E-state index in [-0.39, 0.29) is 12.6 Å². The maximum Gasteiger partial charge on any atom is 0.419 e. The molecule has 0 atom stereocenters. The second-order valence-electron chi connectivity index (χ2n) is 5.03. The molecule has 24 heavy (non-hydrogen) atoms.